The van der Waals surface area contributed by atoms with E-state index < -0.39 is 53.3 Å². The van der Waals surface area contributed by atoms with Crippen LogP contribution in [0.3, 0.4) is 0 Å². The van der Waals surface area contributed by atoms with E-state index in [9.17, 15) is 32.8 Å². The summed E-state index contributed by atoms with van der Waals surface area (Å²) in [7, 11) is -8.84. The summed E-state index contributed by atoms with van der Waals surface area (Å²) < 4.78 is 56.5. The van der Waals surface area contributed by atoms with E-state index >= 15 is 0 Å². The molecule has 2 N–H and O–H groups in total. The zero-order chi connectivity index (χ0) is 30.3. The maximum Gasteiger partial charge on any atom is 0.334 e. The van der Waals surface area contributed by atoms with Gasteiger partial charge in [-0.15, -0.1) is 0 Å². The Hall–Kier alpha value is -3.34. The summed E-state index contributed by atoms with van der Waals surface area (Å²) in [4.78, 5) is 24.6. The molecule has 0 saturated carbocycles. The molecular formula is C29H33O10PS. The average Bonchev–Trinajstić information content (AvgIpc) is 2.94. The molecule has 0 amide bonds. The Morgan fingerprint density at radius 3 is 1.73 bits per heavy atom. The first-order chi connectivity index (χ1) is 19.3. The molecule has 3 aromatic rings. The van der Waals surface area contributed by atoms with Crippen LogP contribution in [-0.4, -0.2) is 42.8 Å². The first-order valence-corrected chi connectivity index (χ1v) is 15.8. The number of aliphatic carboxylic acids is 2. The molecule has 0 aliphatic carbocycles. The van der Waals surface area contributed by atoms with Crippen LogP contribution in [0.2, 0.25) is 0 Å². The lowest BCUT2D eigenvalue weighted by molar-refractivity contribution is -0.158. The van der Waals surface area contributed by atoms with Gasteiger partial charge < -0.3 is 19.3 Å². The van der Waals surface area contributed by atoms with Crippen molar-refractivity contribution in [3.8, 4) is 0 Å². The van der Waals surface area contributed by atoms with E-state index in [0.717, 1.165) is 5.56 Å². The summed E-state index contributed by atoms with van der Waals surface area (Å²) in [5, 5.41) is 20.2. The average molecular weight is 605 g/mol. The smallest absolute Gasteiger partial charge is 0.334 e. The predicted octanol–water partition coefficient (Wildman–Crippen LogP) is 5.51. The van der Waals surface area contributed by atoms with Crippen LogP contribution in [-0.2, 0) is 50.7 Å². The number of hydrogen-bond donors (Lipinski definition) is 2. The largest absolute Gasteiger partial charge is 0.481 e. The fourth-order valence-corrected chi connectivity index (χ4v) is 7.28. The van der Waals surface area contributed by atoms with E-state index in [1.54, 1.807) is 67.6 Å². The normalized spacial score (nSPS) is 15.0. The molecule has 3 rings (SSSR count). The molecule has 0 saturated heterocycles. The van der Waals surface area contributed by atoms with Crippen molar-refractivity contribution in [3.63, 3.8) is 0 Å². The topological polar surface area (TPSA) is 154 Å². The molecule has 10 nitrogen and oxygen atoms in total. The maximum absolute atomic E-state index is 14.1. The van der Waals surface area contributed by atoms with Crippen LogP contribution in [0.4, 0.5) is 0 Å². The lowest BCUT2D eigenvalue weighted by Gasteiger charge is -2.36. The van der Waals surface area contributed by atoms with Gasteiger partial charge in [0, 0.05) is 5.92 Å². The van der Waals surface area contributed by atoms with E-state index in [1.165, 1.54) is 38.1 Å². The first-order valence-electron chi connectivity index (χ1n) is 12.7. The van der Waals surface area contributed by atoms with Gasteiger partial charge >= 0.3 is 19.5 Å². The Morgan fingerprint density at radius 2 is 1.32 bits per heavy atom. The molecule has 0 heterocycles. The van der Waals surface area contributed by atoms with E-state index in [-0.39, 0.29) is 18.1 Å². The van der Waals surface area contributed by atoms with Gasteiger partial charge in [0.1, 0.15) is 0 Å². The Morgan fingerprint density at radius 1 is 0.854 bits per heavy atom. The molecule has 0 radical (unpaired) electrons. The summed E-state index contributed by atoms with van der Waals surface area (Å²) >= 11 is 0. The van der Waals surface area contributed by atoms with E-state index in [0.29, 0.717) is 11.1 Å². The molecule has 0 spiro atoms. The third-order valence-electron chi connectivity index (χ3n) is 6.79. The number of hydrogen-bond acceptors (Lipinski definition) is 8. The van der Waals surface area contributed by atoms with Crippen molar-refractivity contribution in [2.45, 2.75) is 45.0 Å². The van der Waals surface area contributed by atoms with Gasteiger partial charge in [0.25, 0.3) is 10.1 Å². The lowest BCUT2D eigenvalue weighted by atomic mass is 9.76. The lowest BCUT2D eigenvalue weighted by Crippen LogP contribution is -2.47. The standard InChI is InChI=1S/C29H33O10PS/c1-21-14-16-25(17-15-21)41(35,36)39-26(27(30)31)22(2)29(3,28(32)33)20-40(34,37-18-23-10-6-4-7-11-23)38-19-24-12-8-5-9-13-24/h4-17,22,26H,18-20H2,1-3H3,(H,30,31)(H,32,33)/t22?,26-,29-/m0/s1. The van der Waals surface area contributed by atoms with E-state index in [4.69, 9.17) is 13.2 Å². The second-order valence-electron chi connectivity index (χ2n) is 9.92. The van der Waals surface area contributed by atoms with Gasteiger partial charge in [-0.2, -0.15) is 8.42 Å². The molecule has 12 heteroatoms. The van der Waals surface area contributed by atoms with Gasteiger partial charge in [-0.3, -0.25) is 13.5 Å². The minimum Gasteiger partial charge on any atom is -0.481 e. The highest BCUT2D eigenvalue weighted by molar-refractivity contribution is 7.86. The summed E-state index contributed by atoms with van der Waals surface area (Å²) in [6.07, 6.45) is -2.88. The molecule has 220 valence electrons. The monoisotopic (exact) mass is 604 g/mol. The van der Waals surface area contributed by atoms with Gasteiger partial charge in [-0.1, -0.05) is 85.3 Å². The molecule has 0 fully saturated rings. The minimum atomic E-state index is -4.59. The van der Waals surface area contributed by atoms with Crippen molar-refractivity contribution in [2.75, 3.05) is 6.16 Å². The van der Waals surface area contributed by atoms with E-state index in [2.05, 4.69) is 0 Å². The molecule has 3 aromatic carbocycles. The van der Waals surface area contributed by atoms with Crippen molar-refractivity contribution < 1.29 is 46.0 Å². The highest BCUT2D eigenvalue weighted by Gasteiger charge is 2.52. The molecule has 0 aromatic heterocycles. The predicted molar refractivity (Wildman–Crippen MR) is 151 cm³/mol. The number of carboxylic acids is 2. The van der Waals surface area contributed by atoms with Crippen LogP contribution in [0.1, 0.15) is 30.5 Å². The van der Waals surface area contributed by atoms with Crippen molar-refractivity contribution >= 4 is 29.7 Å². The SMILES string of the molecule is Cc1ccc(S(=O)(=O)O[C@H](C(=O)O)C(C)[C@](C)(CP(=O)(OCc2ccccc2)OCc2ccccc2)C(=O)O)cc1. The second kappa shape index (κ2) is 13.5. The van der Waals surface area contributed by atoms with Crippen LogP contribution < -0.4 is 0 Å². The van der Waals surface area contributed by atoms with Gasteiger partial charge in [-0.25, -0.2) is 4.79 Å². The first kappa shape index (κ1) is 32.2. The summed E-state index contributed by atoms with van der Waals surface area (Å²) in [5.74, 6) is -4.74. The molecule has 0 aliphatic rings. The third-order valence-corrected chi connectivity index (χ3v) is 10.2. The Bertz CT molecular complexity index is 1430. The Balaban J connectivity index is 1.93. The van der Waals surface area contributed by atoms with Crippen molar-refractivity contribution in [3.05, 3.63) is 102 Å². The number of aryl methyl sites for hydroxylation is 1. The highest BCUT2D eigenvalue weighted by atomic mass is 32.2. The van der Waals surface area contributed by atoms with Crippen molar-refractivity contribution in [2.24, 2.45) is 11.3 Å². The Kier molecular flexibility index (Phi) is 10.6. The molecule has 0 bridgehead atoms. The number of benzene rings is 3. The summed E-state index contributed by atoms with van der Waals surface area (Å²) in [6.45, 7) is 3.80. The summed E-state index contributed by atoms with van der Waals surface area (Å²) in [6, 6.07) is 23.0. The molecule has 0 aliphatic heterocycles. The van der Waals surface area contributed by atoms with Crippen LogP contribution in [0.15, 0.2) is 89.8 Å². The quantitative estimate of drug-likeness (QED) is 0.168. The van der Waals surface area contributed by atoms with Crippen LogP contribution >= 0.6 is 7.60 Å². The maximum atomic E-state index is 14.1. The van der Waals surface area contributed by atoms with Crippen molar-refractivity contribution in [1.82, 2.24) is 0 Å². The molecule has 41 heavy (non-hydrogen) atoms. The van der Waals surface area contributed by atoms with Gasteiger partial charge in [0.2, 0.25) is 0 Å². The zero-order valence-electron chi connectivity index (χ0n) is 22.9. The molecular weight excluding hydrogens is 571 g/mol. The van der Waals surface area contributed by atoms with Gasteiger partial charge in [-0.05, 0) is 37.1 Å². The van der Waals surface area contributed by atoms with Crippen LogP contribution in [0.5, 0.6) is 0 Å². The Labute approximate surface area is 239 Å². The zero-order valence-corrected chi connectivity index (χ0v) is 24.6. The molecule has 1 unspecified atom stereocenters. The van der Waals surface area contributed by atoms with Gasteiger partial charge in [0.05, 0.1) is 29.7 Å². The number of rotatable bonds is 15. The fourth-order valence-electron chi connectivity index (χ4n) is 4.00. The highest BCUT2D eigenvalue weighted by Crippen LogP contribution is 2.56. The molecule has 3 atom stereocenters. The number of carboxylic acid groups (broad SMARTS) is 2. The van der Waals surface area contributed by atoms with E-state index in [1.807, 2.05) is 0 Å². The van der Waals surface area contributed by atoms with Crippen LogP contribution in [0, 0.1) is 18.3 Å². The van der Waals surface area contributed by atoms with Crippen molar-refractivity contribution in [1.29, 1.82) is 0 Å². The summed E-state index contributed by atoms with van der Waals surface area (Å²) in [5.41, 5.74) is -0.0456. The fraction of sp³-hybridized carbons (Fsp3) is 0.310. The second-order valence-corrected chi connectivity index (χ2v) is 13.5. The minimum absolute atomic E-state index is 0.169. The van der Waals surface area contributed by atoms with Gasteiger partial charge in [0.15, 0.2) is 6.10 Å². The number of carbonyl (C=O) groups is 2. The van der Waals surface area contributed by atoms with Crippen LogP contribution in [0.25, 0.3) is 0 Å². The third kappa shape index (κ3) is 8.58.